The molecule has 0 aromatic heterocycles. The third-order valence-electron chi connectivity index (χ3n) is 3.14. The summed E-state index contributed by atoms with van der Waals surface area (Å²) in [5.74, 6) is -0.270. The van der Waals surface area contributed by atoms with E-state index in [1.165, 1.54) is 7.11 Å². The highest BCUT2D eigenvalue weighted by molar-refractivity contribution is 5.50. The van der Waals surface area contributed by atoms with E-state index in [1.807, 2.05) is 0 Å². The third-order valence-corrected chi connectivity index (χ3v) is 3.14. The second-order valence-electron chi connectivity index (χ2n) is 4.30. The van der Waals surface area contributed by atoms with Crippen LogP contribution in [0.5, 0.6) is 11.5 Å². The number of rotatable bonds is 2. The van der Waals surface area contributed by atoms with Gasteiger partial charge in [0.1, 0.15) is 11.5 Å². The van der Waals surface area contributed by atoms with Gasteiger partial charge in [0.05, 0.1) is 12.7 Å². The van der Waals surface area contributed by atoms with Crippen LogP contribution in [0.2, 0.25) is 0 Å². The zero-order chi connectivity index (χ0) is 13.3. The normalized spacial score (nSPS) is 20.1. The van der Waals surface area contributed by atoms with Crippen LogP contribution in [0, 0.1) is 0 Å². The van der Waals surface area contributed by atoms with Crippen molar-refractivity contribution in [3.8, 4) is 11.5 Å². The molecular weight excluding hydrogens is 247 g/mol. The molecule has 6 heteroatoms. The number of halogens is 3. The molecule has 100 valence electrons. The number of benzene rings is 1. The number of hydrogen-bond acceptors (Lipinski definition) is 3. The van der Waals surface area contributed by atoms with Gasteiger partial charge in [-0.3, -0.25) is 0 Å². The Kier molecular flexibility index (Phi) is 3.38. The maximum absolute atomic E-state index is 12.6. The fraction of sp³-hybridized carbons (Fsp3) is 0.500. The summed E-state index contributed by atoms with van der Waals surface area (Å²) in [6, 6.07) is 1.70. The van der Waals surface area contributed by atoms with Crippen LogP contribution in [0.3, 0.4) is 0 Å². The predicted octanol–water partition coefficient (Wildman–Crippen LogP) is 2.50. The lowest BCUT2D eigenvalue weighted by molar-refractivity contribution is -0.137. The lowest BCUT2D eigenvalue weighted by Crippen LogP contribution is -2.11. The highest BCUT2D eigenvalue weighted by Gasteiger charge is 2.34. The molecule has 2 N–H and O–H groups in total. The Morgan fingerprint density at radius 1 is 1.39 bits per heavy atom. The molecule has 0 spiro atoms. The molecule has 1 unspecified atom stereocenters. The van der Waals surface area contributed by atoms with Gasteiger partial charge >= 0.3 is 6.18 Å². The molecule has 1 aromatic carbocycles. The van der Waals surface area contributed by atoms with Gasteiger partial charge < -0.3 is 15.2 Å². The maximum atomic E-state index is 12.6. The van der Waals surface area contributed by atoms with Gasteiger partial charge in [-0.2, -0.15) is 13.2 Å². The van der Waals surface area contributed by atoms with Gasteiger partial charge in [0.25, 0.3) is 0 Å². The Labute approximate surface area is 103 Å². The van der Waals surface area contributed by atoms with Crippen LogP contribution in [0.4, 0.5) is 13.2 Å². The van der Waals surface area contributed by atoms with Crippen molar-refractivity contribution >= 4 is 0 Å². The molecule has 1 aliphatic rings. The summed E-state index contributed by atoms with van der Waals surface area (Å²) in [6.45, 7) is 1.42. The van der Waals surface area contributed by atoms with Crippen LogP contribution >= 0.6 is 0 Å². The van der Waals surface area contributed by atoms with Gasteiger partial charge in [-0.25, -0.2) is 0 Å². The van der Waals surface area contributed by atoms with E-state index in [-0.39, 0.29) is 17.4 Å². The van der Waals surface area contributed by atoms with Crippen molar-refractivity contribution in [1.82, 2.24) is 5.32 Å². The minimum absolute atomic E-state index is 0.0118. The summed E-state index contributed by atoms with van der Waals surface area (Å²) in [5, 5.41) is 12.9. The van der Waals surface area contributed by atoms with Crippen LogP contribution < -0.4 is 10.1 Å². The molecule has 0 bridgehead atoms. The molecular formula is C12H14F3NO2. The predicted molar refractivity (Wildman–Crippen MR) is 59.9 cm³/mol. The van der Waals surface area contributed by atoms with Gasteiger partial charge in [-0.1, -0.05) is 0 Å². The largest absolute Gasteiger partial charge is 0.508 e. The van der Waals surface area contributed by atoms with Crippen LogP contribution in [0.25, 0.3) is 0 Å². The number of hydrogen-bond donors (Lipinski definition) is 2. The average molecular weight is 261 g/mol. The first kappa shape index (κ1) is 13.0. The molecule has 0 radical (unpaired) electrons. The fourth-order valence-electron chi connectivity index (χ4n) is 2.26. The van der Waals surface area contributed by atoms with Gasteiger partial charge in [-0.15, -0.1) is 0 Å². The standard InChI is InChI=1S/C12H14F3NO2/c1-18-10-5-8(12(13,14)15)4-9(17)11(10)7-2-3-16-6-7/h4-5,7,16-17H,2-3,6H2,1H3. The smallest absolute Gasteiger partial charge is 0.416 e. The second-order valence-corrected chi connectivity index (χ2v) is 4.30. The highest BCUT2D eigenvalue weighted by Crippen LogP contribution is 2.42. The Balaban J connectivity index is 2.47. The van der Waals surface area contributed by atoms with Crippen molar-refractivity contribution in [2.45, 2.75) is 18.5 Å². The number of alkyl halides is 3. The summed E-state index contributed by atoms with van der Waals surface area (Å²) >= 11 is 0. The van der Waals surface area contributed by atoms with E-state index in [2.05, 4.69) is 5.32 Å². The van der Waals surface area contributed by atoms with Crippen molar-refractivity contribution in [3.63, 3.8) is 0 Å². The molecule has 1 heterocycles. The minimum Gasteiger partial charge on any atom is -0.508 e. The maximum Gasteiger partial charge on any atom is 0.416 e. The SMILES string of the molecule is COc1cc(C(F)(F)F)cc(O)c1C1CCNC1. The Bertz CT molecular complexity index is 440. The van der Waals surface area contributed by atoms with Crippen molar-refractivity contribution in [1.29, 1.82) is 0 Å². The van der Waals surface area contributed by atoms with E-state index in [0.29, 0.717) is 12.1 Å². The van der Waals surface area contributed by atoms with Crippen LogP contribution in [-0.4, -0.2) is 25.3 Å². The van der Waals surface area contributed by atoms with Crippen LogP contribution in [0.15, 0.2) is 12.1 Å². The van der Waals surface area contributed by atoms with Crippen LogP contribution in [0.1, 0.15) is 23.5 Å². The molecule has 1 aromatic rings. The first-order valence-electron chi connectivity index (χ1n) is 5.62. The van der Waals surface area contributed by atoms with Crippen molar-refractivity contribution in [2.24, 2.45) is 0 Å². The molecule has 1 saturated heterocycles. The monoisotopic (exact) mass is 261 g/mol. The molecule has 3 nitrogen and oxygen atoms in total. The lowest BCUT2D eigenvalue weighted by atomic mass is 9.94. The topological polar surface area (TPSA) is 41.5 Å². The average Bonchev–Trinajstić information content (AvgIpc) is 2.79. The van der Waals surface area contributed by atoms with Crippen molar-refractivity contribution < 1.29 is 23.0 Å². The number of ether oxygens (including phenoxy) is 1. The summed E-state index contributed by atoms with van der Waals surface area (Å²) in [5.41, 5.74) is -0.443. The van der Waals surface area contributed by atoms with E-state index in [9.17, 15) is 18.3 Å². The quantitative estimate of drug-likeness (QED) is 0.859. The minimum atomic E-state index is -4.49. The second kappa shape index (κ2) is 4.68. The molecule has 0 amide bonds. The number of methoxy groups -OCH3 is 1. The molecule has 1 fully saturated rings. The molecule has 1 atom stereocenters. The van der Waals surface area contributed by atoms with E-state index < -0.39 is 11.7 Å². The summed E-state index contributed by atoms with van der Waals surface area (Å²) in [7, 11) is 1.31. The van der Waals surface area contributed by atoms with Crippen LogP contribution in [-0.2, 0) is 6.18 Å². The Morgan fingerprint density at radius 3 is 2.61 bits per heavy atom. The number of aromatic hydroxyl groups is 1. The van der Waals surface area contributed by atoms with Crippen molar-refractivity contribution in [3.05, 3.63) is 23.3 Å². The van der Waals surface area contributed by atoms with E-state index in [0.717, 1.165) is 25.1 Å². The van der Waals surface area contributed by atoms with Gasteiger partial charge in [-0.05, 0) is 25.1 Å². The molecule has 0 aliphatic carbocycles. The molecule has 2 rings (SSSR count). The lowest BCUT2D eigenvalue weighted by Gasteiger charge is -2.18. The molecule has 1 aliphatic heterocycles. The van der Waals surface area contributed by atoms with Crippen molar-refractivity contribution in [2.75, 3.05) is 20.2 Å². The van der Waals surface area contributed by atoms with E-state index in [4.69, 9.17) is 4.74 Å². The first-order valence-corrected chi connectivity index (χ1v) is 5.62. The third kappa shape index (κ3) is 2.38. The highest BCUT2D eigenvalue weighted by atomic mass is 19.4. The summed E-state index contributed by atoms with van der Waals surface area (Å²) in [4.78, 5) is 0. The van der Waals surface area contributed by atoms with Gasteiger partial charge in [0, 0.05) is 18.0 Å². The van der Waals surface area contributed by atoms with E-state index in [1.54, 1.807) is 0 Å². The summed E-state index contributed by atoms with van der Waals surface area (Å²) in [6.07, 6.45) is -3.72. The zero-order valence-electron chi connectivity index (χ0n) is 9.84. The number of nitrogens with one attached hydrogen (secondary N) is 1. The van der Waals surface area contributed by atoms with E-state index >= 15 is 0 Å². The Morgan fingerprint density at radius 2 is 2.11 bits per heavy atom. The zero-order valence-corrected chi connectivity index (χ0v) is 9.84. The molecule has 0 saturated carbocycles. The fourth-order valence-corrected chi connectivity index (χ4v) is 2.26. The first-order chi connectivity index (χ1) is 8.43. The molecule has 18 heavy (non-hydrogen) atoms. The Hall–Kier alpha value is -1.43. The number of phenols is 1. The van der Waals surface area contributed by atoms with Gasteiger partial charge in [0.2, 0.25) is 0 Å². The number of phenolic OH excluding ortho intramolecular Hbond substituents is 1. The summed E-state index contributed by atoms with van der Waals surface area (Å²) < 4.78 is 42.8. The van der Waals surface area contributed by atoms with Gasteiger partial charge in [0.15, 0.2) is 0 Å².